The summed E-state index contributed by atoms with van der Waals surface area (Å²) < 4.78 is 5.64. The Kier molecular flexibility index (Phi) is 8.72. The van der Waals surface area contributed by atoms with Crippen LogP contribution in [0, 0.1) is 0 Å². The first-order chi connectivity index (χ1) is 10.9. The van der Waals surface area contributed by atoms with Crippen LogP contribution >= 0.6 is 24.0 Å². The average Bonchev–Trinajstić information content (AvgIpc) is 3.05. The molecule has 2 rings (SSSR count). The van der Waals surface area contributed by atoms with Gasteiger partial charge < -0.3 is 20.7 Å². The molecule has 0 spiro atoms. The number of nitrogens with two attached hydrogens (primary N) is 1. The summed E-state index contributed by atoms with van der Waals surface area (Å²) >= 11 is 0. The molecule has 3 N–H and O–H groups in total. The number of piperazine rings is 1. The molecule has 2 heterocycles. The highest BCUT2D eigenvalue weighted by atomic mass is 127. The van der Waals surface area contributed by atoms with Crippen LogP contribution in [0.25, 0.3) is 0 Å². The summed E-state index contributed by atoms with van der Waals surface area (Å²) in [4.78, 5) is 20.7. The Balaban J connectivity index is 0.00000288. The highest BCUT2D eigenvalue weighted by Gasteiger charge is 2.35. The lowest BCUT2D eigenvalue weighted by Gasteiger charge is -2.43. The van der Waals surface area contributed by atoms with E-state index in [-0.39, 0.29) is 36.0 Å². The number of halogens is 1. The number of ether oxygens (including phenoxy) is 1. The first-order valence-electron chi connectivity index (χ1n) is 8.65. The van der Waals surface area contributed by atoms with Gasteiger partial charge in [0.1, 0.15) is 0 Å². The van der Waals surface area contributed by atoms with E-state index in [1.54, 1.807) is 0 Å². The van der Waals surface area contributed by atoms with Gasteiger partial charge in [0.25, 0.3) is 0 Å². The zero-order chi connectivity index (χ0) is 16.9. The van der Waals surface area contributed by atoms with Crippen LogP contribution in [0.5, 0.6) is 0 Å². The maximum Gasteiger partial charge on any atom is 0.237 e. The van der Waals surface area contributed by atoms with E-state index in [0.29, 0.717) is 0 Å². The molecule has 0 radical (unpaired) electrons. The van der Waals surface area contributed by atoms with Crippen LogP contribution in [0.4, 0.5) is 0 Å². The molecule has 0 aromatic heterocycles. The molecule has 0 aromatic rings. The summed E-state index contributed by atoms with van der Waals surface area (Å²) in [5.74, 6) is 0.671. The van der Waals surface area contributed by atoms with Crippen molar-refractivity contribution in [1.82, 2.24) is 15.1 Å². The highest BCUT2D eigenvalue weighted by molar-refractivity contribution is 14.0. The Morgan fingerprint density at radius 1 is 1.33 bits per heavy atom. The Morgan fingerprint density at radius 2 is 2.00 bits per heavy atom. The second-order valence-corrected chi connectivity index (χ2v) is 6.73. The number of guanidine groups is 1. The first-order valence-corrected chi connectivity index (χ1v) is 8.65. The van der Waals surface area contributed by atoms with Gasteiger partial charge in [-0.15, -0.1) is 24.0 Å². The average molecular weight is 453 g/mol. The van der Waals surface area contributed by atoms with Crippen molar-refractivity contribution in [2.45, 2.75) is 45.3 Å². The van der Waals surface area contributed by atoms with Crippen molar-refractivity contribution >= 4 is 35.8 Å². The highest BCUT2D eigenvalue weighted by Crippen LogP contribution is 2.17. The zero-order valence-electron chi connectivity index (χ0n) is 15.1. The van der Waals surface area contributed by atoms with Crippen LogP contribution in [-0.4, -0.2) is 79.2 Å². The Hall–Kier alpha value is -0.610. The molecule has 1 atom stereocenters. The number of nitrogens with zero attached hydrogens (tertiary/aromatic N) is 3. The van der Waals surface area contributed by atoms with E-state index >= 15 is 0 Å². The van der Waals surface area contributed by atoms with Gasteiger partial charge in [0.05, 0.1) is 18.2 Å². The molecule has 2 aliphatic rings. The Bertz CT molecular complexity index is 430. The number of carbonyl (C=O) groups excluding carboxylic acids is 1. The quantitative estimate of drug-likeness (QED) is 0.363. The number of primary amides is 1. The number of hydrogen-bond acceptors (Lipinski definition) is 4. The summed E-state index contributed by atoms with van der Waals surface area (Å²) in [7, 11) is 0. The molecular formula is C16H32IN5O2. The normalized spacial score (nSPS) is 23.0. The number of nitrogens with one attached hydrogen (secondary N) is 1. The van der Waals surface area contributed by atoms with Gasteiger partial charge in [-0.25, -0.2) is 0 Å². The van der Waals surface area contributed by atoms with Gasteiger partial charge in [-0.05, 0) is 33.6 Å². The van der Waals surface area contributed by atoms with Crippen molar-refractivity contribution in [3.8, 4) is 0 Å². The predicted octanol–water partition coefficient (Wildman–Crippen LogP) is 0.630. The van der Waals surface area contributed by atoms with Gasteiger partial charge in [-0.2, -0.15) is 0 Å². The summed E-state index contributed by atoms with van der Waals surface area (Å²) in [5, 5.41) is 3.36. The van der Waals surface area contributed by atoms with Crippen molar-refractivity contribution in [2.75, 3.05) is 45.9 Å². The van der Waals surface area contributed by atoms with E-state index in [1.165, 1.54) is 0 Å². The van der Waals surface area contributed by atoms with E-state index in [4.69, 9.17) is 15.5 Å². The summed E-state index contributed by atoms with van der Waals surface area (Å²) in [6, 6.07) is 0. The van der Waals surface area contributed by atoms with Crippen LogP contribution in [0.1, 0.15) is 33.6 Å². The fraction of sp³-hybridized carbons (Fsp3) is 0.875. The lowest BCUT2D eigenvalue weighted by molar-refractivity contribution is -0.129. The number of aliphatic imine (C=N–C) groups is 1. The molecule has 24 heavy (non-hydrogen) atoms. The van der Waals surface area contributed by atoms with E-state index < -0.39 is 5.54 Å². The van der Waals surface area contributed by atoms with Crippen molar-refractivity contribution < 1.29 is 9.53 Å². The number of hydrogen-bond donors (Lipinski definition) is 2. The van der Waals surface area contributed by atoms with Gasteiger partial charge in [-0.1, -0.05) is 0 Å². The second kappa shape index (κ2) is 9.76. The molecular weight excluding hydrogens is 421 g/mol. The lowest BCUT2D eigenvalue weighted by atomic mass is 10.0. The molecule has 0 bridgehead atoms. The fourth-order valence-electron chi connectivity index (χ4n) is 3.04. The zero-order valence-corrected chi connectivity index (χ0v) is 17.4. The van der Waals surface area contributed by atoms with Crippen molar-refractivity contribution in [1.29, 1.82) is 0 Å². The first kappa shape index (κ1) is 21.4. The third-order valence-electron chi connectivity index (χ3n) is 4.78. The molecule has 0 aliphatic carbocycles. The number of rotatable bonds is 5. The molecule has 1 amide bonds. The molecule has 2 aliphatic heterocycles. The summed E-state index contributed by atoms with van der Waals surface area (Å²) in [5.41, 5.74) is 4.92. The fourth-order valence-corrected chi connectivity index (χ4v) is 3.04. The largest absolute Gasteiger partial charge is 0.376 e. The molecule has 8 heteroatoms. The van der Waals surface area contributed by atoms with Crippen molar-refractivity contribution in [2.24, 2.45) is 10.7 Å². The van der Waals surface area contributed by atoms with Crippen LogP contribution in [-0.2, 0) is 9.53 Å². The second-order valence-electron chi connectivity index (χ2n) is 6.73. The lowest BCUT2D eigenvalue weighted by Crippen LogP contribution is -2.61. The van der Waals surface area contributed by atoms with Gasteiger partial charge in [0, 0.05) is 39.3 Å². The molecule has 0 saturated carbocycles. The molecule has 2 saturated heterocycles. The molecule has 7 nitrogen and oxygen atoms in total. The number of carbonyl (C=O) groups is 1. The van der Waals surface area contributed by atoms with Crippen LogP contribution in [0.2, 0.25) is 0 Å². The van der Waals surface area contributed by atoms with Gasteiger partial charge in [0.15, 0.2) is 5.96 Å². The van der Waals surface area contributed by atoms with E-state index in [0.717, 1.165) is 64.7 Å². The van der Waals surface area contributed by atoms with Crippen molar-refractivity contribution in [3.05, 3.63) is 0 Å². The molecule has 2 fully saturated rings. The standard InChI is InChI=1S/C16H31N5O2.HI/c1-4-18-15(19-12-13-6-5-11-23-13)20-7-9-21(10-8-20)16(2,3)14(17)22;/h13H,4-12H2,1-3H3,(H2,17,22)(H,18,19);1H. The summed E-state index contributed by atoms with van der Waals surface area (Å²) in [6.07, 6.45) is 2.50. The minimum Gasteiger partial charge on any atom is -0.376 e. The van der Waals surface area contributed by atoms with Crippen molar-refractivity contribution in [3.63, 3.8) is 0 Å². The van der Waals surface area contributed by atoms with Gasteiger partial charge in [-0.3, -0.25) is 14.7 Å². The topological polar surface area (TPSA) is 83.2 Å². The minimum absolute atomic E-state index is 0. The maximum atomic E-state index is 11.6. The maximum absolute atomic E-state index is 11.6. The predicted molar refractivity (Wildman–Crippen MR) is 107 cm³/mol. The Labute approximate surface area is 162 Å². The smallest absolute Gasteiger partial charge is 0.237 e. The summed E-state index contributed by atoms with van der Waals surface area (Å²) in [6.45, 7) is 11.6. The Morgan fingerprint density at radius 3 is 2.50 bits per heavy atom. The van der Waals surface area contributed by atoms with Crippen LogP contribution < -0.4 is 11.1 Å². The molecule has 0 aromatic carbocycles. The van der Waals surface area contributed by atoms with E-state index in [2.05, 4.69) is 22.0 Å². The minimum atomic E-state index is -0.598. The molecule has 140 valence electrons. The SMILES string of the molecule is CCNC(=NCC1CCCO1)N1CCN(C(C)(C)C(N)=O)CC1.I. The number of amides is 1. The van der Waals surface area contributed by atoms with E-state index in [1.807, 2.05) is 13.8 Å². The van der Waals surface area contributed by atoms with Gasteiger partial charge in [0.2, 0.25) is 5.91 Å². The van der Waals surface area contributed by atoms with Crippen LogP contribution in [0.15, 0.2) is 4.99 Å². The van der Waals surface area contributed by atoms with E-state index in [9.17, 15) is 4.79 Å². The van der Waals surface area contributed by atoms with Crippen LogP contribution in [0.3, 0.4) is 0 Å². The monoisotopic (exact) mass is 453 g/mol. The third-order valence-corrected chi connectivity index (χ3v) is 4.78. The third kappa shape index (κ3) is 5.45. The molecule has 1 unspecified atom stereocenters. The van der Waals surface area contributed by atoms with Gasteiger partial charge >= 0.3 is 0 Å².